The quantitative estimate of drug-likeness (QED) is 0.540. The average molecular weight is 441 g/mol. The third-order valence-electron chi connectivity index (χ3n) is 4.54. The predicted octanol–water partition coefficient (Wildman–Crippen LogP) is 4.46. The molecule has 0 spiro atoms. The number of benzene rings is 3. The highest BCUT2D eigenvalue weighted by Gasteiger charge is 2.19. The van der Waals surface area contributed by atoms with Gasteiger partial charge in [-0.2, -0.15) is 0 Å². The fraction of sp³-hybridized carbons (Fsp3) is 0.174. The molecule has 7 nitrogen and oxygen atoms in total. The van der Waals surface area contributed by atoms with Crippen LogP contribution in [0.15, 0.2) is 71.6 Å². The van der Waals surface area contributed by atoms with Gasteiger partial charge in [0.25, 0.3) is 15.9 Å². The number of anilines is 2. The Labute approximate surface area is 182 Å². The van der Waals surface area contributed by atoms with E-state index in [-0.39, 0.29) is 16.5 Å². The van der Waals surface area contributed by atoms with E-state index in [0.29, 0.717) is 29.4 Å². The first-order valence-corrected chi connectivity index (χ1v) is 11.1. The second-order valence-electron chi connectivity index (χ2n) is 6.69. The molecule has 1 amide bonds. The van der Waals surface area contributed by atoms with E-state index >= 15 is 0 Å². The molecule has 0 aromatic heterocycles. The third kappa shape index (κ3) is 5.35. The van der Waals surface area contributed by atoms with Gasteiger partial charge in [-0.3, -0.25) is 9.52 Å². The monoisotopic (exact) mass is 440 g/mol. The number of methoxy groups -OCH3 is 1. The van der Waals surface area contributed by atoms with Crippen molar-refractivity contribution in [2.75, 3.05) is 23.8 Å². The van der Waals surface area contributed by atoms with Gasteiger partial charge in [-0.25, -0.2) is 8.42 Å². The minimum Gasteiger partial charge on any atom is -0.495 e. The summed E-state index contributed by atoms with van der Waals surface area (Å²) in [5.74, 6) is 0.642. The van der Waals surface area contributed by atoms with Crippen molar-refractivity contribution in [1.82, 2.24) is 0 Å². The Bertz CT molecular complexity index is 1170. The summed E-state index contributed by atoms with van der Waals surface area (Å²) in [6, 6.07) is 18.0. The molecule has 0 saturated heterocycles. The summed E-state index contributed by atoms with van der Waals surface area (Å²) in [6.45, 7) is 4.22. The first-order valence-electron chi connectivity index (χ1n) is 9.64. The molecule has 31 heavy (non-hydrogen) atoms. The van der Waals surface area contributed by atoms with E-state index in [2.05, 4.69) is 10.0 Å². The minimum absolute atomic E-state index is 0.0118. The van der Waals surface area contributed by atoms with Gasteiger partial charge in [0.1, 0.15) is 11.5 Å². The van der Waals surface area contributed by atoms with Gasteiger partial charge in [-0.1, -0.05) is 18.2 Å². The van der Waals surface area contributed by atoms with Gasteiger partial charge in [0, 0.05) is 11.3 Å². The molecule has 0 unspecified atom stereocenters. The van der Waals surface area contributed by atoms with E-state index in [0.717, 1.165) is 5.56 Å². The minimum atomic E-state index is -3.89. The summed E-state index contributed by atoms with van der Waals surface area (Å²) in [4.78, 5) is 12.7. The first-order chi connectivity index (χ1) is 14.8. The number of amides is 1. The molecule has 0 aliphatic carbocycles. The van der Waals surface area contributed by atoms with Crippen molar-refractivity contribution in [3.05, 3.63) is 77.9 Å². The molecule has 162 valence electrons. The Hall–Kier alpha value is -3.52. The highest BCUT2D eigenvalue weighted by Crippen LogP contribution is 2.29. The first kappa shape index (κ1) is 22.2. The molecule has 3 aromatic carbocycles. The zero-order valence-electron chi connectivity index (χ0n) is 17.5. The van der Waals surface area contributed by atoms with E-state index in [1.54, 1.807) is 36.4 Å². The van der Waals surface area contributed by atoms with Crippen LogP contribution in [0.3, 0.4) is 0 Å². The lowest BCUT2D eigenvalue weighted by atomic mass is 10.1. The van der Waals surface area contributed by atoms with Gasteiger partial charge in [-0.15, -0.1) is 0 Å². The second-order valence-corrected chi connectivity index (χ2v) is 8.38. The largest absolute Gasteiger partial charge is 0.495 e. The van der Waals surface area contributed by atoms with Crippen molar-refractivity contribution in [1.29, 1.82) is 0 Å². The molecule has 3 aromatic rings. The Kier molecular flexibility index (Phi) is 6.81. The Balaban J connectivity index is 1.86. The molecule has 0 radical (unpaired) electrons. The van der Waals surface area contributed by atoms with Gasteiger partial charge >= 0.3 is 0 Å². The van der Waals surface area contributed by atoms with E-state index < -0.39 is 10.0 Å². The van der Waals surface area contributed by atoms with Crippen LogP contribution in [-0.4, -0.2) is 28.0 Å². The van der Waals surface area contributed by atoms with Crippen LogP contribution in [0.5, 0.6) is 11.5 Å². The number of aryl methyl sites for hydroxylation is 1. The van der Waals surface area contributed by atoms with Crippen LogP contribution in [0.25, 0.3) is 0 Å². The third-order valence-corrected chi connectivity index (χ3v) is 5.92. The molecular formula is C23H24N2O5S. The maximum Gasteiger partial charge on any atom is 0.261 e. The molecule has 3 rings (SSSR count). The highest BCUT2D eigenvalue weighted by molar-refractivity contribution is 7.92. The lowest BCUT2D eigenvalue weighted by molar-refractivity contribution is 0.102. The molecule has 0 fully saturated rings. The summed E-state index contributed by atoms with van der Waals surface area (Å²) >= 11 is 0. The Morgan fingerprint density at radius 2 is 1.71 bits per heavy atom. The second kappa shape index (κ2) is 9.53. The van der Waals surface area contributed by atoms with Crippen molar-refractivity contribution in [2.24, 2.45) is 0 Å². The van der Waals surface area contributed by atoms with Crippen LogP contribution in [0.2, 0.25) is 0 Å². The summed E-state index contributed by atoms with van der Waals surface area (Å²) in [5, 5.41) is 2.74. The molecule has 0 heterocycles. The lowest BCUT2D eigenvalue weighted by Crippen LogP contribution is -2.16. The zero-order valence-corrected chi connectivity index (χ0v) is 18.3. The van der Waals surface area contributed by atoms with E-state index in [1.165, 1.54) is 25.3 Å². The number of hydrogen-bond acceptors (Lipinski definition) is 5. The zero-order chi connectivity index (χ0) is 22.4. The van der Waals surface area contributed by atoms with E-state index in [1.807, 2.05) is 26.0 Å². The fourth-order valence-corrected chi connectivity index (χ4v) is 4.05. The standard InChI is InChI=1S/C23H24N2O5S/c1-4-30-18-11-9-17(10-12-18)25-31(27,28)19-13-14-22(29-3)21(15-19)24-23(26)20-8-6-5-7-16(20)2/h5-15,25H,4H2,1-3H3,(H,24,26). The fourth-order valence-electron chi connectivity index (χ4n) is 2.97. The summed E-state index contributed by atoms with van der Waals surface area (Å²) in [6.07, 6.45) is 0. The average Bonchev–Trinajstić information content (AvgIpc) is 2.75. The highest BCUT2D eigenvalue weighted by atomic mass is 32.2. The van der Waals surface area contributed by atoms with Gasteiger partial charge in [0.05, 0.1) is 24.3 Å². The van der Waals surface area contributed by atoms with Crippen molar-refractivity contribution < 1.29 is 22.7 Å². The van der Waals surface area contributed by atoms with E-state index in [9.17, 15) is 13.2 Å². The maximum atomic E-state index is 12.9. The van der Waals surface area contributed by atoms with Crippen molar-refractivity contribution in [3.63, 3.8) is 0 Å². The Morgan fingerprint density at radius 1 is 1.00 bits per heavy atom. The van der Waals surface area contributed by atoms with Crippen LogP contribution in [0, 0.1) is 6.92 Å². The van der Waals surface area contributed by atoms with Crippen LogP contribution in [-0.2, 0) is 10.0 Å². The predicted molar refractivity (Wildman–Crippen MR) is 121 cm³/mol. The molecule has 8 heteroatoms. The van der Waals surface area contributed by atoms with Crippen molar-refractivity contribution in [3.8, 4) is 11.5 Å². The molecular weight excluding hydrogens is 416 g/mol. The number of carbonyl (C=O) groups is 1. The molecule has 0 aliphatic rings. The normalized spacial score (nSPS) is 10.9. The lowest BCUT2D eigenvalue weighted by Gasteiger charge is -2.14. The molecule has 0 bridgehead atoms. The number of carbonyl (C=O) groups excluding carboxylic acids is 1. The van der Waals surface area contributed by atoms with Crippen LogP contribution < -0.4 is 19.5 Å². The van der Waals surface area contributed by atoms with Crippen LogP contribution >= 0.6 is 0 Å². The summed E-state index contributed by atoms with van der Waals surface area (Å²) in [7, 11) is -2.44. The summed E-state index contributed by atoms with van der Waals surface area (Å²) < 4.78 is 38.9. The van der Waals surface area contributed by atoms with Crippen LogP contribution in [0.1, 0.15) is 22.8 Å². The Morgan fingerprint density at radius 3 is 2.35 bits per heavy atom. The number of rotatable bonds is 8. The topological polar surface area (TPSA) is 93.7 Å². The van der Waals surface area contributed by atoms with Gasteiger partial charge in [0.2, 0.25) is 0 Å². The van der Waals surface area contributed by atoms with Crippen LogP contribution in [0.4, 0.5) is 11.4 Å². The molecule has 0 atom stereocenters. The van der Waals surface area contributed by atoms with E-state index in [4.69, 9.17) is 9.47 Å². The SMILES string of the molecule is CCOc1ccc(NS(=O)(=O)c2ccc(OC)c(NC(=O)c3ccccc3C)c2)cc1. The molecule has 0 aliphatic heterocycles. The smallest absolute Gasteiger partial charge is 0.261 e. The van der Waals surface area contributed by atoms with Gasteiger partial charge in [0.15, 0.2) is 0 Å². The number of nitrogens with one attached hydrogen (secondary N) is 2. The number of sulfonamides is 1. The maximum absolute atomic E-state index is 12.9. The van der Waals surface area contributed by atoms with Crippen molar-refractivity contribution in [2.45, 2.75) is 18.7 Å². The van der Waals surface area contributed by atoms with Gasteiger partial charge < -0.3 is 14.8 Å². The number of ether oxygens (including phenoxy) is 2. The van der Waals surface area contributed by atoms with Gasteiger partial charge in [-0.05, 0) is 67.9 Å². The summed E-state index contributed by atoms with van der Waals surface area (Å²) in [5.41, 5.74) is 1.94. The molecule has 2 N–H and O–H groups in total. The van der Waals surface area contributed by atoms with Crippen molar-refractivity contribution >= 4 is 27.3 Å². The number of hydrogen-bond donors (Lipinski definition) is 2. The molecule has 0 saturated carbocycles.